The van der Waals surface area contributed by atoms with Crippen molar-refractivity contribution in [3.8, 4) is 0 Å². The number of hydrogen-bond acceptors (Lipinski definition) is 1. The molecule has 1 N–H and O–H groups in total. The summed E-state index contributed by atoms with van der Waals surface area (Å²) in [5.74, 6) is -0.797. The fraction of sp³-hybridized carbons (Fsp3) is 0.118. The third-order valence-corrected chi connectivity index (χ3v) is 3.41. The number of aliphatic carboxylic acids is 1. The standard InChI is InChI=1S/C17H15NO2/c19-17(20)11-13-5-7-14(8-6-13)12-18-10-9-15-3-1-2-4-16(15)18/h1-10H,11-12H2,(H,19,20). The van der Waals surface area contributed by atoms with Crippen LogP contribution in [-0.2, 0) is 17.8 Å². The highest BCUT2D eigenvalue weighted by Crippen LogP contribution is 2.17. The Kier molecular flexibility index (Phi) is 3.25. The summed E-state index contributed by atoms with van der Waals surface area (Å²) >= 11 is 0. The molecule has 0 radical (unpaired) electrons. The Hall–Kier alpha value is -2.55. The van der Waals surface area contributed by atoms with Crippen molar-refractivity contribution in [2.75, 3.05) is 0 Å². The van der Waals surface area contributed by atoms with Gasteiger partial charge in [0.05, 0.1) is 6.42 Å². The highest BCUT2D eigenvalue weighted by atomic mass is 16.4. The van der Waals surface area contributed by atoms with E-state index in [0.717, 1.165) is 12.1 Å². The topological polar surface area (TPSA) is 42.2 Å². The largest absolute Gasteiger partial charge is 0.481 e. The molecule has 0 atom stereocenters. The van der Waals surface area contributed by atoms with Crippen LogP contribution in [-0.4, -0.2) is 15.6 Å². The predicted molar refractivity (Wildman–Crippen MR) is 78.8 cm³/mol. The van der Waals surface area contributed by atoms with Crippen LogP contribution in [0, 0.1) is 0 Å². The summed E-state index contributed by atoms with van der Waals surface area (Å²) in [5.41, 5.74) is 3.21. The van der Waals surface area contributed by atoms with E-state index >= 15 is 0 Å². The highest BCUT2D eigenvalue weighted by molar-refractivity contribution is 5.80. The minimum absolute atomic E-state index is 0.0761. The van der Waals surface area contributed by atoms with Gasteiger partial charge in [-0.2, -0.15) is 0 Å². The summed E-state index contributed by atoms with van der Waals surface area (Å²) in [5, 5.41) is 9.99. The van der Waals surface area contributed by atoms with Crippen LogP contribution in [0.4, 0.5) is 0 Å². The van der Waals surface area contributed by atoms with E-state index in [4.69, 9.17) is 5.11 Å². The average Bonchev–Trinajstić information content (AvgIpc) is 2.84. The Labute approximate surface area is 117 Å². The maximum atomic E-state index is 10.7. The lowest BCUT2D eigenvalue weighted by atomic mass is 10.1. The zero-order valence-electron chi connectivity index (χ0n) is 11.0. The number of nitrogens with zero attached hydrogens (tertiary/aromatic N) is 1. The molecule has 0 spiro atoms. The molecule has 0 aliphatic carbocycles. The summed E-state index contributed by atoms with van der Waals surface area (Å²) < 4.78 is 2.20. The highest BCUT2D eigenvalue weighted by Gasteiger charge is 2.03. The number of para-hydroxylation sites is 1. The van der Waals surface area contributed by atoms with E-state index in [2.05, 4.69) is 29.0 Å². The maximum Gasteiger partial charge on any atom is 0.307 e. The molecule has 3 aromatic rings. The van der Waals surface area contributed by atoms with Crippen molar-refractivity contribution in [2.45, 2.75) is 13.0 Å². The van der Waals surface area contributed by atoms with Crippen LogP contribution in [0.3, 0.4) is 0 Å². The van der Waals surface area contributed by atoms with Crippen LogP contribution in [0.25, 0.3) is 10.9 Å². The second-order valence-corrected chi connectivity index (χ2v) is 4.89. The van der Waals surface area contributed by atoms with Crippen molar-refractivity contribution in [2.24, 2.45) is 0 Å². The number of carboxylic acids is 1. The molecule has 100 valence electrons. The monoisotopic (exact) mass is 265 g/mol. The van der Waals surface area contributed by atoms with Crippen molar-refractivity contribution in [3.05, 3.63) is 71.9 Å². The van der Waals surface area contributed by atoms with Crippen LogP contribution in [0.5, 0.6) is 0 Å². The van der Waals surface area contributed by atoms with Crippen LogP contribution in [0.1, 0.15) is 11.1 Å². The van der Waals surface area contributed by atoms with Gasteiger partial charge in [-0.1, -0.05) is 42.5 Å². The molecule has 20 heavy (non-hydrogen) atoms. The average molecular weight is 265 g/mol. The van der Waals surface area contributed by atoms with Crippen LogP contribution in [0.15, 0.2) is 60.8 Å². The van der Waals surface area contributed by atoms with Gasteiger partial charge in [0.25, 0.3) is 0 Å². The first-order valence-corrected chi connectivity index (χ1v) is 6.56. The lowest BCUT2D eigenvalue weighted by molar-refractivity contribution is -0.136. The molecule has 0 saturated carbocycles. The van der Waals surface area contributed by atoms with Gasteiger partial charge in [0, 0.05) is 18.3 Å². The normalized spacial score (nSPS) is 10.8. The fourth-order valence-electron chi connectivity index (χ4n) is 2.41. The summed E-state index contributed by atoms with van der Waals surface area (Å²) in [6.07, 6.45) is 2.16. The number of carbonyl (C=O) groups is 1. The van der Waals surface area contributed by atoms with E-state index in [9.17, 15) is 4.79 Å². The molecule has 0 amide bonds. The van der Waals surface area contributed by atoms with Gasteiger partial charge >= 0.3 is 5.97 Å². The van der Waals surface area contributed by atoms with Gasteiger partial charge in [-0.15, -0.1) is 0 Å². The minimum atomic E-state index is -0.797. The second-order valence-electron chi connectivity index (χ2n) is 4.89. The van der Waals surface area contributed by atoms with Crippen molar-refractivity contribution in [1.29, 1.82) is 0 Å². The van der Waals surface area contributed by atoms with Gasteiger partial charge in [0.15, 0.2) is 0 Å². The van der Waals surface area contributed by atoms with E-state index in [0.29, 0.717) is 0 Å². The number of benzene rings is 2. The number of carboxylic acid groups (broad SMARTS) is 1. The van der Waals surface area contributed by atoms with E-state index in [1.54, 1.807) is 0 Å². The zero-order valence-corrected chi connectivity index (χ0v) is 11.0. The molecule has 0 saturated heterocycles. The molecule has 2 aromatic carbocycles. The van der Waals surface area contributed by atoms with Crippen molar-refractivity contribution in [1.82, 2.24) is 4.57 Å². The third kappa shape index (κ3) is 2.57. The third-order valence-electron chi connectivity index (χ3n) is 3.41. The maximum absolute atomic E-state index is 10.7. The Morgan fingerprint density at radius 2 is 1.65 bits per heavy atom. The minimum Gasteiger partial charge on any atom is -0.481 e. The lowest BCUT2D eigenvalue weighted by Gasteiger charge is -2.06. The van der Waals surface area contributed by atoms with Gasteiger partial charge in [-0.05, 0) is 28.6 Å². The molecule has 1 heterocycles. The zero-order chi connectivity index (χ0) is 13.9. The van der Waals surface area contributed by atoms with E-state index < -0.39 is 5.97 Å². The number of rotatable bonds is 4. The van der Waals surface area contributed by atoms with E-state index in [1.807, 2.05) is 36.4 Å². The smallest absolute Gasteiger partial charge is 0.307 e. The van der Waals surface area contributed by atoms with Gasteiger partial charge < -0.3 is 9.67 Å². The van der Waals surface area contributed by atoms with Gasteiger partial charge in [0.1, 0.15) is 0 Å². The molecule has 1 aromatic heterocycles. The molecule has 3 heteroatoms. The van der Waals surface area contributed by atoms with Crippen molar-refractivity contribution >= 4 is 16.9 Å². The number of aromatic nitrogens is 1. The van der Waals surface area contributed by atoms with Crippen LogP contribution >= 0.6 is 0 Å². The molecule has 0 bridgehead atoms. The molecular weight excluding hydrogens is 250 g/mol. The molecular formula is C17H15NO2. The molecule has 0 unspecified atom stereocenters. The van der Waals surface area contributed by atoms with Gasteiger partial charge in [0.2, 0.25) is 0 Å². The molecule has 0 fully saturated rings. The summed E-state index contributed by atoms with van der Waals surface area (Å²) in [7, 11) is 0. The predicted octanol–water partition coefficient (Wildman–Crippen LogP) is 3.32. The Balaban J connectivity index is 1.82. The summed E-state index contributed by atoms with van der Waals surface area (Å²) in [4.78, 5) is 10.7. The van der Waals surface area contributed by atoms with Crippen LogP contribution in [0.2, 0.25) is 0 Å². The first-order valence-electron chi connectivity index (χ1n) is 6.56. The van der Waals surface area contributed by atoms with Gasteiger partial charge in [-0.25, -0.2) is 0 Å². The Morgan fingerprint density at radius 1 is 0.950 bits per heavy atom. The quantitative estimate of drug-likeness (QED) is 0.786. The second kappa shape index (κ2) is 5.21. The fourth-order valence-corrected chi connectivity index (χ4v) is 2.41. The molecule has 3 nitrogen and oxygen atoms in total. The molecule has 0 aliphatic heterocycles. The van der Waals surface area contributed by atoms with E-state index in [1.165, 1.54) is 16.5 Å². The first kappa shape index (κ1) is 12.5. The lowest BCUT2D eigenvalue weighted by Crippen LogP contribution is -2.01. The van der Waals surface area contributed by atoms with Crippen LogP contribution < -0.4 is 0 Å². The number of fused-ring (bicyclic) bond motifs is 1. The Morgan fingerprint density at radius 3 is 2.40 bits per heavy atom. The molecule has 3 rings (SSSR count). The summed E-state index contributed by atoms with van der Waals surface area (Å²) in [6, 6.07) is 18.1. The Bertz CT molecular complexity index is 741. The number of hydrogen-bond donors (Lipinski definition) is 1. The SMILES string of the molecule is O=C(O)Cc1ccc(Cn2ccc3ccccc32)cc1. The van der Waals surface area contributed by atoms with Crippen molar-refractivity contribution < 1.29 is 9.90 Å². The van der Waals surface area contributed by atoms with Gasteiger partial charge in [-0.3, -0.25) is 4.79 Å². The van der Waals surface area contributed by atoms with Crippen molar-refractivity contribution in [3.63, 3.8) is 0 Å². The summed E-state index contributed by atoms with van der Waals surface area (Å²) in [6.45, 7) is 0.793. The van der Waals surface area contributed by atoms with E-state index in [-0.39, 0.29) is 6.42 Å². The molecule has 0 aliphatic rings. The first-order chi connectivity index (χ1) is 9.72.